The molecule has 1 saturated heterocycles. The van der Waals surface area contributed by atoms with Gasteiger partial charge in [-0.05, 0) is 52.0 Å². The lowest BCUT2D eigenvalue weighted by atomic mass is 9.85. The fourth-order valence-electron chi connectivity index (χ4n) is 3.59. The van der Waals surface area contributed by atoms with E-state index in [-0.39, 0.29) is 42.7 Å². The van der Waals surface area contributed by atoms with E-state index in [1.54, 1.807) is 0 Å². The van der Waals surface area contributed by atoms with E-state index in [1.165, 1.54) is 25.8 Å². The van der Waals surface area contributed by atoms with Crippen molar-refractivity contribution in [1.82, 2.24) is 10.2 Å². The normalized spacial score (nSPS) is 29.1. The molecule has 3 unspecified atom stereocenters. The second kappa shape index (κ2) is 11.5. The van der Waals surface area contributed by atoms with E-state index in [0.717, 1.165) is 51.2 Å². The third-order valence-electron chi connectivity index (χ3n) is 4.95. The van der Waals surface area contributed by atoms with E-state index in [2.05, 4.69) is 17.1 Å². The summed E-state index contributed by atoms with van der Waals surface area (Å²) in [5, 5.41) is 3.11. The lowest BCUT2D eigenvalue weighted by Crippen LogP contribution is -2.41. The summed E-state index contributed by atoms with van der Waals surface area (Å²) in [5.41, 5.74) is 5.94. The van der Waals surface area contributed by atoms with E-state index in [4.69, 9.17) is 5.73 Å². The Bertz CT molecular complexity index is 318. The van der Waals surface area contributed by atoms with Crippen molar-refractivity contribution in [2.75, 3.05) is 19.6 Å². The Hall–Kier alpha value is -0.0300. The van der Waals surface area contributed by atoms with Gasteiger partial charge in [-0.2, -0.15) is 0 Å². The quantitative estimate of drug-likeness (QED) is 0.747. The monoisotopic (exact) mass is 353 g/mol. The molecular weight excluding hydrogens is 321 g/mol. The van der Waals surface area contributed by atoms with Gasteiger partial charge in [0.05, 0.1) is 0 Å². The predicted octanol–water partition coefficient (Wildman–Crippen LogP) is 2.73. The first kappa shape index (κ1) is 22.0. The molecule has 0 spiro atoms. The van der Waals surface area contributed by atoms with Crippen LogP contribution < -0.4 is 11.1 Å². The van der Waals surface area contributed by atoms with E-state index < -0.39 is 0 Å². The fraction of sp³-hybridized carbons (Fsp3) is 0.938. The SMILES string of the molecule is CC1CCCCN1CCCNC(=O)C1CCCC(N)C1.Cl.Cl. The molecule has 0 bridgehead atoms. The molecule has 1 aliphatic carbocycles. The summed E-state index contributed by atoms with van der Waals surface area (Å²) < 4.78 is 0. The van der Waals surface area contributed by atoms with E-state index in [9.17, 15) is 4.79 Å². The van der Waals surface area contributed by atoms with Gasteiger partial charge in [-0.25, -0.2) is 0 Å². The van der Waals surface area contributed by atoms with Crippen LogP contribution in [0.3, 0.4) is 0 Å². The van der Waals surface area contributed by atoms with Crippen LogP contribution >= 0.6 is 24.8 Å². The van der Waals surface area contributed by atoms with Crippen molar-refractivity contribution < 1.29 is 4.79 Å². The summed E-state index contributed by atoms with van der Waals surface area (Å²) in [6.07, 6.45) is 9.16. The first-order chi connectivity index (χ1) is 9.66. The van der Waals surface area contributed by atoms with Gasteiger partial charge in [0, 0.05) is 31.1 Å². The van der Waals surface area contributed by atoms with Crippen molar-refractivity contribution in [2.45, 2.75) is 70.4 Å². The Morgan fingerprint density at radius 2 is 1.95 bits per heavy atom. The number of likely N-dealkylation sites (tertiary alicyclic amines) is 1. The fourth-order valence-corrected chi connectivity index (χ4v) is 3.59. The third-order valence-corrected chi connectivity index (χ3v) is 4.95. The second-order valence-corrected chi connectivity index (χ2v) is 6.65. The number of carbonyl (C=O) groups excluding carboxylic acids is 1. The van der Waals surface area contributed by atoms with Gasteiger partial charge in [0.1, 0.15) is 0 Å². The zero-order valence-corrected chi connectivity index (χ0v) is 15.4. The molecule has 0 aromatic heterocycles. The molecule has 132 valence electrons. The number of rotatable bonds is 5. The number of nitrogens with two attached hydrogens (primary N) is 1. The maximum atomic E-state index is 12.1. The highest BCUT2D eigenvalue weighted by Crippen LogP contribution is 2.23. The Labute approximate surface area is 147 Å². The van der Waals surface area contributed by atoms with Crippen molar-refractivity contribution in [3.05, 3.63) is 0 Å². The maximum Gasteiger partial charge on any atom is 0.223 e. The summed E-state index contributed by atoms with van der Waals surface area (Å²) >= 11 is 0. The number of hydrogen-bond donors (Lipinski definition) is 2. The standard InChI is InChI=1S/C16H31N3O.2ClH/c1-13-6-2-3-10-19(13)11-5-9-18-16(20)14-7-4-8-15(17)12-14;;/h13-15H,2-12,17H2,1H3,(H,18,20);2*1H. The van der Waals surface area contributed by atoms with E-state index in [1.807, 2.05) is 0 Å². The molecule has 1 saturated carbocycles. The molecule has 0 radical (unpaired) electrons. The second-order valence-electron chi connectivity index (χ2n) is 6.65. The minimum Gasteiger partial charge on any atom is -0.356 e. The van der Waals surface area contributed by atoms with Gasteiger partial charge in [0.2, 0.25) is 5.91 Å². The average molecular weight is 354 g/mol. The van der Waals surface area contributed by atoms with Gasteiger partial charge in [0.25, 0.3) is 0 Å². The van der Waals surface area contributed by atoms with Crippen LogP contribution in [0.25, 0.3) is 0 Å². The van der Waals surface area contributed by atoms with E-state index >= 15 is 0 Å². The van der Waals surface area contributed by atoms with Gasteiger partial charge < -0.3 is 16.0 Å². The average Bonchev–Trinajstić information content (AvgIpc) is 2.45. The molecule has 2 fully saturated rings. The third kappa shape index (κ3) is 7.03. The molecule has 0 aromatic carbocycles. The number of piperidine rings is 1. The Morgan fingerprint density at radius 1 is 1.18 bits per heavy atom. The molecule has 6 heteroatoms. The number of carbonyl (C=O) groups is 1. The number of amides is 1. The molecule has 22 heavy (non-hydrogen) atoms. The Kier molecular flexibility index (Phi) is 11.5. The van der Waals surface area contributed by atoms with Gasteiger partial charge in [-0.15, -0.1) is 24.8 Å². The zero-order valence-electron chi connectivity index (χ0n) is 13.8. The van der Waals surface area contributed by atoms with Gasteiger partial charge in [0.15, 0.2) is 0 Å². The van der Waals surface area contributed by atoms with Crippen molar-refractivity contribution in [1.29, 1.82) is 0 Å². The number of halogens is 2. The molecule has 4 nitrogen and oxygen atoms in total. The highest BCUT2D eigenvalue weighted by Gasteiger charge is 2.25. The molecule has 1 aliphatic heterocycles. The molecule has 2 rings (SSSR count). The molecule has 0 aromatic rings. The highest BCUT2D eigenvalue weighted by molar-refractivity contribution is 5.85. The molecule has 3 atom stereocenters. The lowest BCUT2D eigenvalue weighted by Gasteiger charge is -2.33. The minimum absolute atomic E-state index is 0. The van der Waals surface area contributed by atoms with Crippen LogP contribution in [-0.2, 0) is 4.79 Å². The highest BCUT2D eigenvalue weighted by atomic mass is 35.5. The van der Waals surface area contributed by atoms with E-state index in [0.29, 0.717) is 0 Å². The Morgan fingerprint density at radius 3 is 2.64 bits per heavy atom. The zero-order chi connectivity index (χ0) is 14.4. The van der Waals surface area contributed by atoms with Crippen LogP contribution in [-0.4, -0.2) is 42.5 Å². The molecule has 1 heterocycles. The van der Waals surface area contributed by atoms with Crippen LogP contribution in [0.2, 0.25) is 0 Å². The van der Waals surface area contributed by atoms with Crippen molar-refractivity contribution >= 4 is 30.7 Å². The summed E-state index contributed by atoms with van der Waals surface area (Å²) in [6, 6.07) is 0.949. The predicted molar refractivity (Wildman–Crippen MR) is 96.9 cm³/mol. The smallest absolute Gasteiger partial charge is 0.223 e. The van der Waals surface area contributed by atoms with Crippen molar-refractivity contribution in [2.24, 2.45) is 11.7 Å². The van der Waals surface area contributed by atoms with Gasteiger partial charge in [-0.1, -0.05) is 12.8 Å². The maximum absolute atomic E-state index is 12.1. The number of nitrogens with zero attached hydrogens (tertiary/aromatic N) is 1. The number of hydrogen-bond acceptors (Lipinski definition) is 3. The summed E-state index contributed by atoms with van der Waals surface area (Å²) in [4.78, 5) is 14.6. The lowest BCUT2D eigenvalue weighted by molar-refractivity contribution is -0.126. The topological polar surface area (TPSA) is 58.4 Å². The largest absolute Gasteiger partial charge is 0.356 e. The molecule has 1 amide bonds. The van der Waals surface area contributed by atoms with Crippen LogP contribution in [0.1, 0.15) is 58.3 Å². The van der Waals surface area contributed by atoms with Crippen LogP contribution in [0.5, 0.6) is 0 Å². The van der Waals surface area contributed by atoms with Gasteiger partial charge >= 0.3 is 0 Å². The van der Waals surface area contributed by atoms with Crippen LogP contribution in [0.15, 0.2) is 0 Å². The summed E-state index contributed by atoms with van der Waals surface area (Å²) in [5.74, 6) is 0.388. The Balaban J connectivity index is 0.00000220. The first-order valence-corrected chi connectivity index (χ1v) is 8.44. The van der Waals surface area contributed by atoms with Crippen molar-refractivity contribution in [3.8, 4) is 0 Å². The first-order valence-electron chi connectivity index (χ1n) is 8.44. The summed E-state index contributed by atoms with van der Waals surface area (Å²) in [7, 11) is 0. The molecule has 2 aliphatic rings. The number of nitrogens with one attached hydrogen (secondary N) is 1. The molecule has 3 N–H and O–H groups in total. The molecular formula is C16H33Cl2N3O. The van der Waals surface area contributed by atoms with Crippen LogP contribution in [0.4, 0.5) is 0 Å². The summed E-state index contributed by atoms with van der Waals surface area (Å²) in [6.45, 7) is 5.48. The van der Waals surface area contributed by atoms with Crippen LogP contribution in [0, 0.1) is 5.92 Å². The van der Waals surface area contributed by atoms with Gasteiger partial charge in [-0.3, -0.25) is 4.79 Å². The minimum atomic E-state index is 0. The van der Waals surface area contributed by atoms with Crippen molar-refractivity contribution in [3.63, 3.8) is 0 Å².